The minimum atomic E-state index is 0.128. The van der Waals surface area contributed by atoms with Crippen molar-refractivity contribution in [3.05, 3.63) is 0 Å². The molecule has 100 valence electrons. The molecule has 0 aromatic rings. The molecular formula is C13H26N2O2. The van der Waals surface area contributed by atoms with Crippen LogP contribution < -0.4 is 5.32 Å². The quantitative estimate of drug-likeness (QED) is 0.658. The van der Waals surface area contributed by atoms with E-state index in [1.807, 2.05) is 0 Å². The molecule has 1 saturated heterocycles. The van der Waals surface area contributed by atoms with Crippen molar-refractivity contribution in [3.63, 3.8) is 0 Å². The van der Waals surface area contributed by atoms with E-state index in [0.29, 0.717) is 12.6 Å². The van der Waals surface area contributed by atoms with E-state index in [9.17, 15) is 4.79 Å². The molecule has 0 aromatic heterocycles. The second kappa shape index (κ2) is 8.48. The Kier molecular flexibility index (Phi) is 7.21. The Morgan fingerprint density at radius 2 is 2.29 bits per heavy atom. The van der Waals surface area contributed by atoms with E-state index in [0.717, 1.165) is 38.8 Å². The zero-order valence-electron chi connectivity index (χ0n) is 11.0. The average Bonchev–Trinajstić information content (AvgIpc) is 2.32. The van der Waals surface area contributed by atoms with Gasteiger partial charge in [0.1, 0.15) is 0 Å². The zero-order valence-corrected chi connectivity index (χ0v) is 11.0. The highest BCUT2D eigenvalue weighted by molar-refractivity contribution is 5.78. The number of nitrogens with zero attached hydrogens (tertiary/aromatic N) is 1. The fourth-order valence-electron chi connectivity index (χ4n) is 2.39. The van der Waals surface area contributed by atoms with E-state index < -0.39 is 0 Å². The van der Waals surface area contributed by atoms with Crippen LogP contribution in [0.25, 0.3) is 0 Å². The number of rotatable bonds is 7. The molecule has 0 radical (unpaired) electrons. The van der Waals surface area contributed by atoms with Crippen molar-refractivity contribution < 1.29 is 9.90 Å². The molecule has 17 heavy (non-hydrogen) atoms. The number of aliphatic hydroxyl groups excluding tert-OH is 1. The Morgan fingerprint density at radius 3 is 3.00 bits per heavy atom. The Morgan fingerprint density at radius 1 is 1.47 bits per heavy atom. The summed E-state index contributed by atoms with van der Waals surface area (Å²) in [5.41, 5.74) is 0. The van der Waals surface area contributed by atoms with Crippen LogP contribution in [0.15, 0.2) is 0 Å². The maximum absolute atomic E-state index is 11.7. The van der Waals surface area contributed by atoms with Gasteiger partial charge in [-0.05, 0) is 32.2 Å². The number of nitrogens with one attached hydrogen (secondary N) is 1. The highest BCUT2D eigenvalue weighted by Crippen LogP contribution is 2.18. The third-order valence-electron chi connectivity index (χ3n) is 3.41. The molecular weight excluding hydrogens is 216 g/mol. The second-order valence-electron chi connectivity index (χ2n) is 4.84. The van der Waals surface area contributed by atoms with Gasteiger partial charge in [-0.15, -0.1) is 0 Å². The normalized spacial score (nSPS) is 21.4. The fourth-order valence-corrected chi connectivity index (χ4v) is 2.39. The molecule has 1 aliphatic heterocycles. The van der Waals surface area contributed by atoms with Crippen LogP contribution in [-0.2, 0) is 4.79 Å². The molecule has 1 aliphatic rings. The second-order valence-corrected chi connectivity index (χ2v) is 4.84. The molecule has 1 unspecified atom stereocenters. The number of likely N-dealkylation sites (tertiary alicyclic amines) is 1. The fraction of sp³-hybridized carbons (Fsp3) is 0.923. The molecule has 4 nitrogen and oxygen atoms in total. The van der Waals surface area contributed by atoms with E-state index in [1.165, 1.54) is 12.8 Å². The molecule has 1 atom stereocenters. The van der Waals surface area contributed by atoms with Gasteiger partial charge in [0.05, 0.1) is 6.54 Å². The topological polar surface area (TPSA) is 52.6 Å². The third kappa shape index (κ3) is 5.50. The van der Waals surface area contributed by atoms with Gasteiger partial charge in [0.2, 0.25) is 5.91 Å². The lowest BCUT2D eigenvalue weighted by molar-refractivity contribution is -0.123. The van der Waals surface area contributed by atoms with E-state index >= 15 is 0 Å². The highest BCUT2D eigenvalue weighted by atomic mass is 16.3. The molecule has 0 saturated carbocycles. The smallest absolute Gasteiger partial charge is 0.234 e. The summed E-state index contributed by atoms with van der Waals surface area (Å²) in [6.07, 6.45) is 6.46. The van der Waals surface area contributed by atoms with Crippen LogP contribution in [0, 0.1) is 0 Å². The molecule has 1 rings (SSSR count). The van der Waals surface area contributed by atoms with E-state index in [2.05, 4.69) is 17.1 Å². The monoisotopic (exact) mass is 242 g/mol. The van der Waals surface area contributed by atoms with Crippen LogP contribution in [0.5, 0.6) is 0 Å². The first-order valence-electron chi connectivity index (χ1n) is 6.89. The SMILES string of the molecule is CCCCNC(=O)CN1CCCCC1CCO. The first-order chi connectivity index (χ1) is 8.27. The number of amides is 1. The van der Waals surface area contributed by atoms with Gasteiger partial charge in [0, 0.05) is 19.2 Å². The van der Waals surface area contributed by atoms with Crippen LogP contribution >= 0.6 is 0 Å². The van der Waals surface area contributed by atoms with Crippen molar-refractivity contribution in [2.75, 3.05) is 26.2 Å². The molecule has 0 aliphatic carbocycles. The first kappa shape index (κ1) is 14.5. The minimum Gasteiger partial charge on any atom is -0.396 e. The number of piperidine rings is 1. The van der Waals surface area contributed by atoms with Gasteiger partial charge in [-0.3, -0.25) is 9.69 Å². The summed E-state index contributed by atoms with van der Waals surface area (Å²) in [5.74, 6) is 0.128. The predicted octanol–water partition coefficient (Wildman–Crippen LogP) is 1.14. The molecule has 0 aromatic carbocycles. The number of hydrogen-bond donors (Lipinski definition) is 2. The number of aliphatic hydroxyl groups is 1. The number of unbranched alkanes of at least 4 members (excludes halogenated alkanes) is 1. The van der Waals surface area contributed by atoms with E-state index in [4.69, 9.17) is 5.11 Å². The van der Waals surface area contributed by atoms with Gasteiger partial charge in [0.15, 0.2) is 0 Å². The molecule has 1 amide bonds. The zero-order chi connectivity index (χ0) is 12.5. The van der Waals surface area contributed by atoms with Crippen molar-refractivity contribution >= 4 is 5.91 Å². The molecule has 4 heteroatoms. The van der Waals surface area contributed by atoms with Gasteiger partial charge < -0.3 is 10.4 Å². The summed E-state index contributed by atoms with van der Waals surface area (Å²) in [7, 11) is 0. The summed E-state index contributed by atoms with van der Waals surface area (Å²) in [5, 5.41) is 12.0. The molecule has 1 fully saturated rings. The molecule has 0 bridgehead atoms. The van der Waals surface area contributed by atoms with Crippen molar-refractivity contribution in [1.82, 2.24) is 10.2 Å². The molecule has 1 heterocycles. The Labute approximate surface area is 104 Å². The first-order valence-corrected chi connectivity index (χ1v) is 6.89. The summed E-state index contributed by atoms with van der Waals surface area (Å²) in [6, 6.07) is 0.394. The van der Waals surface area contributed by atoms with Crippen molar-refractivity contribution in [2.24, 2.45) is 0 Å². The van der Waals surface area contributed by atoms with Crippen molar-refractivity contribution in [2.45, 2.75) is 51.5 Å². The lowest BCUT2D eigenvalue weighted by Gasteiger charge is -2.34. The molecule has 0 spiro atoms. The van der Waals surface area contributed by atoms with Crippen LogP contribution in [0.4, 0.5) is 0 Å². The lowest BCUT2D eigenvalue weighted by Crippen LogP contribution is -2.46. The van der Waals surface area contributed by atoms with Gasteiger partial charge in [-0.2, -0.15) is 0 Å². The van der Waals surface area contributed by atoms with Gasteiger partial charge in [-0.25, -0.2) is 0 Å². The standard InChI is InChI=1S/C13H26N2O2/c1-2-3-8-14-13(17)11-15-9-5-4-6-12(15)7-10-16/h12,16H,2-11H2,1H3,(H,14,17). The summed E-state index contributed by atoms with van der Waals surface area (Å²) < 4.78 is 0. The van der Waals surface area contributed by atoms with Crippen LogP contribution in [0.1, 0.15) is 45.4 Å². The summed E-state index contributed by atoms with van der Waals surface area (Å²) in [4.78, 5) is 13.9. The minimum absolute atomic E-state index is 0.128. The predicted molar refractivity (Wildman–Crippen MR) is 68.8 cm³/mol. The van der Waals surface area contributed by atoms with Crippen LogP contribution in [-0.4, -0.2) is 48.2 Å². The maximum atomic E-state index is 11.7. The number of hydrogen-bond acceptors (Lipinski definition) is 3. The van der Waals surface area contributed by atoms with Crippen LogP contribution in [0.3, 0.4) is 0 Å². The Hall–Kier alpha value is -0.610. The third-order valence-corrected chi connectivity index (χ3v) is 3.41. The van der Waals surface area contributed by atoms with Gasteiger partial charge >= 0.3 is 0 Å². The van der Waals surface area contributed by atoms with Gasteiger partial charge in [0.25, 0.3) is 0 Å². The Balaban J connectivity index is 2.28. The largest absolute Gasteiger partial charge is 0.396 e. The van der Waals surface area contributed by atoms with Crippen LogP contribution in [0.2, 0.25) is 0 Å². The number of carbonyl (C=O) groups excluding carboxylic acids is 1. The number of carbonyl (C=O) groups is 1. The maximum Gasteiger partial charge on any atom is 0.234 e. The summed E-state index contributed by atoms with van der Waals surface area (Å²) in [6.45, 7) is 4.61. The van der Waals surface area contributed by atoms with E-state index in [1.54, 1.807) is 0 Å². The van der Waals surface area contributed by atoms with E-state index in [-0.39, 0.29) is 12.5 Å². The Bertz CT molecular complexity index is 219. The molecule has 2 N–H and O–H groups in total. The van der Waals surface area contributed by atoms with Gasteiger partial charge in [-0.1, -0.05) is 19.8 Å². The average molecular weight is 242 g/mol. The van der Waals surface area contributed by atoms with Crippen molar-refractivity contribution in [1.29, 1.82) is 0 Å². The summed E-state index contributed by atoms with van der Waals surface area (Å²) >= 11 is 0. The highest BCUT2D eigenvalue weighted by Gasteiger charge is 2.23. The van der Waals surface area contributed by atoms with Crippen molar-refractivity contribution in [3.8, 4) is 0 Å². The lowest BCUT2D eigenvalue weighted by atomic mass is 10.00.